The normalized spacial score (nSPS) is 20.7. The van der Waals surface area contributed by atoms with E-state index in [1.54, 1.807) is 0 Å². The summed E-state index contributed by atoms with van der Waals surface area (Å²) in [6, 6.07) is 12.9. The molecule has 7 nitrogen and oxygen atoms in total. The van der Waals surface area contributed by atoms with E-state index in [0.717, 1.165) is 5.56 Å². The number of nitro groups is 1. The Hall–Kier alpha value is -3.19. The minimum Gasteiger partial charge on any atom is -0.357 e. The highest BCUT2D eigenvalue weighted by Crippen LogP contribution is 2.46. The molecular weight excluding hydrogens is 406 g/mol. The van der Waals surface area contributed by atoms with Gasteiger partial charge in [0.2, 0.25) is 5.91 Å². The number of benzene rings is 2. The molecule has 1 amide bonds. The molecule has 0 fully saturated rings. The smallest absolute Gasteiger partial charge is 0.271 e. The van der Waals surface area contributed by atoms with Gasteiger partial charge in [0.25, 0.3) is 5.69 Å². The molecule has 154 valence electrons. The van der Waals surface area contributed by atoms with Crippen LogP contribution in [-0.2, 0) is 9.59 Å². The van der Waals surface area contributed by atoms with Crippen molar-refractivity contribution >= 4 is 40.4 Å². The summed E-state index contributed by atoms with van der Waals surface area (Å²) in [4.78, 5) is 38.5. The van der Waals surface area contributed by atoms with Crippen molar-refractivity contribution in [2.75, 3.05) is 16.1 Å². The van der Waals surface area contributed by atoms with E-state index in [0.29, 0.717) is 35.5 Å². The maximum atomic E-state index is 13.2. The molecule has 2 atom stereocenters. The van der Waals surface area contributed by atoms with E-state index in [2.05, 4.69) is 5.32 Å². The molecule has 0 radical (unpaired) electrons. The summed E-state index contributed by atoms with van der Waals surface area (Å²) in [6.45, 7) is 1.99. The Kier molecular flexibility index (Phi) is 5.30. The molecule has 1 N–H and O–H groups in total. The number of rotatable bonds is 3. The van der Waals surface area contributed by atoms with Gasteiger partial charge in [-0.1, -0.05) is 37.3 Å². The summed E-state index contributed by atoms with van der Waals surface area (Å²) in [5.74, 6) is -0.590. The number of ketones is 1. The first kappa shape index (κ1) is 20.1. The molecule has 4 rings (SSSR count). The molecule has 30 heavy (non-hydrogen) atoms. The summed E-state index contributed by atoms with van der Waals surface area (Å²) in [6.07, 6.45) is 0.985. The first-order chi connectivity index (χ1) is 14.4. The summed E-state index contributed by atoms with van der Waals surface area (Å²) in [7, 11) is 0. The average Bonchev–Trinajstić information content (AvgIpc) is 2.87. The fourth-order valence-electron chi connectivity index (χ4n) is 4.23. The van der Waals surface area contributed by atoms with Gasteiger partial charge in [0, 0.05) is 29.8 Å². The summed E-state index contributed by atoms with van der Waals surface area (Å²) in [5.41, 5.74) is 2.75. The van der Waals surface area contributed by atoms with Gasteiger partial charge in [-0.3, -0.25) is 24.6 Å². The second kappa shape index (κ2) is 7.91. The number of allylic oxidation sites excluding steroid dienone is 1. The minimum absolute atomic E-state index is 0.0419. The van der Waals surface area contributed by atoms with Gasteiger partial charge in [0.15, 0.2) is 5.78 Å². The molecule has 2 aromatic rings. The standard InChI is InChI=1S/C22H20ClN3O4/c1-13-9-17-21(19(27)10-13)22(14-5-3-2-4-6-14)25(20(28)12-23)18-8-7-15(26(29)30)11-16(18)24-17/h2-8,11,13,22,24H,9-10,12H2,1H3. The molecule has 2 aromatic carbocycles. The largest absolute Gasteiger partial charge is 0.357 e. The predicted molar refractivity (Wildman–Crippen MR) is 115 cm³/mol. The Morgan fingerprint density at radius 1 is 1.23 bits per heavy atom. The van der Waals surface area contributed by atoms with Gasteiger partial charge in [0.1, 0.15) is 5.88 Å². The van der Waals surface area contributed by atoms with Crippen LogP contribution in [0.4, 0.5) is 17.1 Å². The molecule has 2 unspecified atom stereocenters. The molecule has 0 spiro atoms. The highest BCUT2D eigenvalue weighted by Gasteiger charge is 2.40. The number of nitrogens with one attached hydrogen (secondary N) is 1. The van der Waals surface area contributed by atoms with Gasteiger partial charge in [-0.05, 0) is 24.0 Å². The fourth-order valence-corrected chi connectivity index (χ4v) is 4.36. The van der Waals surface area contributed by atoms with Crippen LogP contribution >= 0.6 is 11.6 Å². The number of Topliss-reactive ketones (excluding diaryl/α,β-unsaturated/α-hetero) is 1. The van der Waals surface area contributed by atoms with Crippen LogP contribution in [0.1, 0.15) is 31.4 Å². The Bertz CT molecular complexity index is 1070. The Morgan fingerprint density at radius 3 is 2.63 bits per heavy atom. The third kappa shape index (κ3) is 3.45. The van der Waals surface area contributed by atoms with Crippen molar-refractivity contribution in [3.05, 3.63) is 75.5 Å². The first-order valence-corrected chi connectivity index (χ1v) is 10.2. The van der Waals surface area contributed by atoms with E-state index < -0.39 is 11.0 Å². The third-order valence-electron chi connectivity index (χ3n) is 5.48. The zero-order valence-electron chi connectivity index (χ0n) is 16.3. The van der Waals surface area contributed by atoms with Gasteiger partial charge in [0.05, 0.1) is 22.3 Å². The highest BCUT2D eigenvalue weighted by atomic mass is 35.5. The van der Waals surface area contributed by atoms with Crippen LogP contribution in [0.5, 0.6) is 0 Å². The lowest BCUT2D eigenvalue weighted by Crippen LogP contribution is -2.39. The Balaban J connectivity index is 2.01. The number of alkyl halides is 1. The van der Waals surface area contributed by atoms with Crippen molar-refractivity contribution < 1.29 is 14.5 Å². The summed E-state index contributed by atoms with van der Waals surface area (Å²) < 4.78 is 0. The number of nitrogens with zero attached hydrogens (tertiary/aromatic N) is 2. The van der Waals surface area contributed by atoms with E-state index in [-0.39, 0.29) is 29.2 Å². The van der Waals surface area contributed by atoms with Crippen molar-refractivity contribution in [2.24, 2.45) is 5.92 Å². The molecule has 2 aliphatic rings. The number of carbonyl (C=O) groups excluding carboxylic acids is 2. The van der Waals surface area contributed by atoms with E-state index in [1.807, 2.05) is 37.3 Å². The summed E-state index contributed by atoms with van der Waals surface area (Å²) >= 11 is 5.95. The van der Waals surface area contributed by atoms with E-state index in [1.165, 1.54) is 23.1 Å². The minimum atomic E-state index is -0.664. The molecule has 1 aliphatic carbocycles. The SMILES string of the molecule is CC1CC(=O)C2=C(C1)Nc1cc([N+](=O)[O-])ccc1N(C(=O)CCl)C2c1ccccc1. The number of halogens is 1. The van der Waals surface area contributed by atoms with E-state index in [9.17, 15) is 19.7 Å². The van der Waals surface area contributed by atoms with Gasteiger partial charge in [-0.25, -0.2) is 0 Å². The van der Waals surface area contributed by atoms with Gasteiger partial charge < -0.3 is 5.32 Å². The topological polar surface area (TPSA) is 92.5 Å². The Labute approximate surface area is 178 Å². The molecule has 1 heterocycles. The number of non-ortho nitro benzene ring substituents is 1. The first-order valence-electron chi connectivity index (χ1n) is 9.65. The van der Waals surface area contributed by atoms with E-state index in [4.69, 9.17) is 11.6 Å². The molecule has 0 saturated heterocycles. The van der Waals surface area contributed by atoms with Gasteiger partial charge in [-0.2, -0.15) is 0 Å². The number of anilines is 2. The van der Waals surface area contributed by atoms with Crippen molar-refractivity contribution in [1.29, 1.82) is 0 Å². The number of hydrogen-bond acceptors (Lipinski definition) is 5. The molecule has 1 aliphatic heterocycles. The van der Waals surface area contributed by atoms with Crippen molar-refractivity contribution in [3.8, 4) is 0 Å². The maximum Gasteiger partial charge on any atom is 0.271 e. The van der Waals surface area contributed by atoms with Crippen LogP contribution in [0.3, 0.4) is 0 Å². The maximum absolute atomic E-state index is 13.2. The molecule has 0 saturated carbocycles. The average molecular weight is 426 g/mol. The Morgan fingerprint density at radius 2 is 1.97 bits per heavy atom. The van der Waals surface area contributed by atoms with Crippen LogP contribution in [0.2, 0.25) is 0 Å². The molecular formula is C22H20ClN3O4. The van der Waals surface area contributed by atoms with E-state index >= 15 is 0 Å². The lowest BCUT2D eigenvalue weighted by atomic mass is 9.81. The second-order valence-electron chi connectivity index (χ2n) is 7.62. The van der Waals surface area contributed by atoms with Crippen LogP contribution in [0, 0.1) is 16.0 Å². The van der Waals surface area contributed by atoms with Crippen LogP contribution < -0.4 is 10.2 Å². The third-order valence-corrected chi connectivity index (χ3v) is 5.71. The van der Waals surface area contributed by atoms with Gasteiger partial charge >= 0.3 is 0 Å². The quantitative estimate of drug-likeness (QED) is 0.441. The van der Waals surface area contributed by atoms with Crippen molar-refractivity contribution in [1.82, 2.24) is 0 Å². The summed E-state index contributed by atoms with van der Waals surface area (Å²) in [5, 5.41) is 14.6. The predicted octanol–water partition coefficient (Wildman–Crippen LogP) is 4.59. The lowest BCUT2D eigenvalue weighted by molar-refractivity contribution is -0.384. The van der Waals surface area contributed by atoms with Crippen molar-refractivity contribution in [2.45, 2.75) is 25.8 Å². The number of nitro benzene ring substituents is 1. The van der Waals surface area contributed by atoms with Crippen LogP contribution in [-0.4, -0.2) is 22.5 Å². The van der Waals surface area contributed by atoms with Crippen LogP contribution in [0.25, 0.3) is 0 Å². The van der Waals surface area contributed by atoms with Gasteiger partial charge in [-0.15, -0.1) is 11.6 Å². The highest BCUT2D eigenvalue weighted by molar-refractivity contribution is 6.30. The van der Waals surface area contributed by atoms with Crippen LogP contribution in [0.15, 0.2) is 59.8 Å². The molecule has 0 aromatic heterocycles. The number of fused-ring (bicyclic) bond motifs is 1. The molecule has 0 bridgehead atoms. The fraction of sp³-hybridized carbons (Fsp3) is 0.273. The number of hydrogen-bond donors (Lipinski definition) is 1. The lowest BCUT2D eigenvalue weighted by Gasteiger charge is -2.34. The second-order valence-corrected chi connectivity index (χ2v) is 7.89. The molecule has 8 heteroatoms. The number of carbonyl (C=O) groups is 2. The number of amides is 1. The van der Waals surface area contributed by atoms with Crippen molar-refractivity contribution in [3.63, 3.8) is 0 Å². The zero-order valence-corrected chi connectivity index (χ0v) is 17.1. The zero-order chi connectivity index (χ0) is 21.4. The monoisotopic (exact) mass is 425 g/mol.